The van der Waals surface area contributed by atoms with E-state index < -0.39 is 19.9 Å². The Morgan fingerprint density at radius 2 is 1.79 bits per heavy atom. The van der Waals surface area contributed by atoms with E-state index in [4.69, 9.17) is 4.74 Å². The summed E-state index contributed by atoms with van der Waals surface area (Å²) in [5.74, 6) is -0.993. The molecule has 0 spiro atoms. The van der Waals surface area contributed by atoms with Crippen molar-refractivity contribution in [3.63, 3.8) is 0 Å². The molecule has 0 aromatic heterocycles. The molecule has 0 saturated carbocycles. The van der Waals surface area contributed by atoms with Crippen molar-refractivity contribution in [3.8, 4) is 0 Å². The fourth-order valence-corrected chi connectivity index (χ4v) is 3.11. The van der Waals surface area contributed by atoms with Gasteiger partial charge in [0.1, 0.15) is 5.83 Å². The van der Waals surface area contributed by atoms with E-state index in [1.807, 2.05) is 6.07 Å². The second-order valence-corrected chi connectivity index (χ2v) is 11.1. The van der Waals surface area contributed by atoms with Gasteiger partial charge in [-0.15, -0.1) is 0 Å². The average Bonchev–Trinajstić information content (AvgIpc) is 2.35. The smallest absolute Gasteiger partial charge is 0.336 e. The molecule has 0 aliphatic heterocycles. The zero-order valence-electron chi connectivity index (χ0n) is 12.0. The van der Waals surface area contributed by atoms with Crippen molar-refractivity contribution >= 4 is 19.9 Å². The predicted octanol–water partition coefficient (Wildman–Crippen LogP) is 4.27. The number of esters is 1. The molecule has 0 heterocycles. The Kier molecular flexibility index (Phi) is 5.48. The summed E-state index contributed by atoms with van der Waals surface area (Å²) in [6.07, 6.45) is 0. The molecule has 0 aliphatic rings. The third kappa shape index (κ3) is 4.99. The molecular weight excluding hydrogens is 259 g/mol. The zero-order chi connectivity index (χ0) is 14.5. The van der Waals surface area contributed by atoms with Gasteiger partial charge in [-0.05, 0) is 13.0 Å². The molecule has 0 N–H and O–H groups in total. The van der Waals surface area contributed by atoms with Gasteiger partial charge < -0.3 is 4.74 Å². The minimum Gasteiger partial charge on any atom is -0.463 e. The lowest BCUT2D eigenvalue weighted by Gasteiger charge is -2.18. The van der Waals surface area contributed by atoms with Crippen molar-refractivity contribution in [2.45, 2.75) is 32.6 Å². The molecule has 0 unspecified atom stereocenters. The van der Waals surface area contributed by atoms with E-state index in [2.05, 4.69) is 19.6 Å². The summed E-state index contributed by atoms with van der Waals surface area (Å²) in [5, 5.41) is 0. The van der Waals surface area contributed by atoms with E-state index in [0.29, 0.717) is 11.6 Å². The van der Waals surface area contributed by atoms with Gasteiger partial charge in [0.05, 0.1) is 12.2 Å². The molecule has 1 rings (SSSR count). The largest absolute Gasteiger partial charge is 0.463 e. The first-order chi connectivity index (χ1) is 8.85. The third-order valence-corrected chi connectivity index (χ3v) is 3.94. The van der Waals surface area contributed by atoms with E-state index in [1.54, 1.807) is 31.2 Å². The molecule has 0 amide bonds. The van der Waals surface area contributed by atoms with Crippen molar-refractivity contribution in [2.24, 2.45) is 0 Å². The van der Waals surface area contributed by atoms with Crippen molar-refractivity contribution in [3.05, 3.63) is 41.5 Å². The SMILES string of the molecule is CCOC(=O)/C(C[Si](C)(C)C)=C(/F)c1ccccc1. The number of hydrogen-bond donors (Lipinski definition) is 0. The van der Waals surface area contributed by atoms with E-state index in [9.17, 15) is 9.18 Å². The molecule has 0 radical (unpaired) electrons. The van der Waals surface area contributed by atoms with Crippen LogP contribution in [0.15, 0.2) is 35.9 Å². The number of halogens is 1. The maximum Gasteiger partial charge on any atom is 0.336 e. The minimum atomic E-state index is -1.61. The van der Waals surface area contributed by atoms with Crippen LogP contribution in [-0.2, 0) is 9.53 Å². The molecule has 1 aromatic carbocycles. The second-order valence-electron chi connectivity index (χ2n) is 5.62. The maximum atomic E-state index is 14.5. The van der Waals surface area contributed by atoms with E-state index in [0.717, 1.165) is 0 Å². The van der Waals surface area contributed by atoms with Gasteiger partial charge in [-0.3, -0.25) is 0 Å². The minimum absolute atomic E-state index is 0.173. The van der Waals surface area contributed by atoms with Gasteiger partial charge in [0.2, 0.25) is 0 Å². The van der Waals surface area contributed by atoms with Gasteiger partial charge in [0.25, 0.3) is 0 Å². The van der Waals surface area contributed by atoms with Crippen LogP contribution in [0.4, 0.5) is 4.39 Å². The zero-order valence-corrected chi connectivity index (χ0v) is 13.0. The molecule has 0 atom stereocenters. The van der Waals surface area contributed by atoms with Gasteiger partial charge in [-0.25, -0.2) is 9.18 Å². The lowest BCUT2D eigenvalue weighted by atomic mass is 10.1. The molecule has 0 saturated heterocycles. The first-order valence-electron chi connectivity index (χ1n) is 6.46. The number of carbonyl (C=O) groups excluding carboxylic acids is 1. The van der Waals surface area contributed by atoms with Gasteiger partial charge in [-0.2, -0.15) is 0 Å². The average molecular weight is 280 g/mol. The summed E-state index contributed by atoms with van der Waals surface area (Å²) >= 11 is 0. The van der Waals surface area contributed by atoms with Crippen LogP contribution in [-0.4, -0.2) is 20.7 Å². The quantitative estimate of drug-likeness (QED) is 0.457. The van der Waals surface area contributed by atoms with Crippen LogP contribution >= 0.6 is 0 Å². The molecule has 0 fully saturated rings. The van der Waals surface area contributed by atoms with Crippen molar-refractivity contribution in [1.29, 1.82) is 0 Å². The van der Waals surface area contributed by atoms with Crippen LogP contribution in [0.2, 0.25) is 25.7 Å². The van der Waals surface area contributed by atoms with Crippen molar-refractivity contribution in [1.82, 2.24) is 0 Å². The van der Waals surface area contributed by atoms with Crippen LogP contribution in [0.5, 0.6) is 0 Å². The molecule has 19 heavy (non-hydrogen) atoms. The van der Waals surface area contributed by atoms with E-state index >= 15 is 0 Å². The van der Waals surface area contributed by atoms with Gasteiger partial charge in [0.15, 0.2) is 0 Å². The van der Waals surface area contributed by atoms with Crippen LogP contribution in [0.1, 0.15) is 12.5 Å². The van der Waals surface area contributed by atoms with Crippen LogP contribution < -0.4 is 0 Å². The predicted molar refractivity (Wildman–Crippen MR) is 79.3 cm³/mol. The Morgan fingerprint density at radius 3 is 2.26 bits per heavy atom. The first kappa shape index (κ1) is 15.6. The van der Waals surface area contributed by atoms with Gasteiger partial charge in [-0.1, -0.05) is 50.0 Å². The Morgan fingerprint density at radius 1 is 1.21 bits per heavy atom. The summed E-state index contributed by atoms with van der Waals surface area (Å²) in [7, 11) is -1.61. The lowest BCUT2D eigenvalue weighted by molar-refractivity contribution is -0.138. The Balaban J connectivity index is 3.17. The number of carbonyl (C=O) groups is 1. The fourth-order valence-electron chi connectivity index (χ4n) is 1.75. The number of hydrogen-bond acceptors (Lipinski definition) is 2. The van der Waals surface area contributed by atoms with Gasteiger partial charge in [0, 0.05) is 13.6 Å². The van der Waals surface area contributed by atoms with Crippen molar-refractivity contribution in [2.75, 3.05) is 6.61 Å². The third-order valence-electron chi connectivity index (χ3n) is 2.52. The fraction of sp³-hybridized carbons (Fsp3) is 0.400. The summed E-state index contributed by atoms with van der Waals surface area (Å²) in [4.78, 5) is 11.9. The molecule has 4 heteroatoms. The van der Waals surface area contributed by atoms with Crippen LogP contribution in [0, 0.1) is 0 Å². The van der Waals surface area contributed by atoms with Crippen LogP contribution in [0.25, 0.3) is 5.83 Å². The molecule has 1 aromatic rings. The summed E-state index contributed by atoms with van der Waals surface area (Å²) in [5.41, 5.74) is 0.607. The highest BCUT2D eigenvalue weighted by atomic mass is 28.3. The van der Waals surface area contributed by atoms with E-state index in [-0.39, 0.29) is 12.2 Å². The van der Waals surface area contributed by atoms with E-state index in [1.165, 1.54) is 0 Å². The van der Waals surface area contributed by atoms with Crippen LogP contribution in [0.3, 0.4) is 0 Å². The summed E-state index contributed by atoms with van der Waals surface area (Å²) in [6, 6.07) is 9.14. The summed E-state index contributed by atoms with van der Waals surface area (Å²) < 4.78 is 19.5. The lowest BCUT2D eigenvalue weighted by Crippen LogP contribution is -2.24. The Hall–Kier alpha value is -1.42. The monoisotopic (exact) mass is 280 g/mol. The maximum absolute atomic E-state index is 14.5. The molecular formula is C15H21FO2Si. The standard InChI is InChI=1S/C15H21FO2Si/c1-5-18-15(17)13(11-19(2,3)4)14(16)12-9-7-6-8-10-12/h6-10H,5,11H2,1-4H3/b14-13+. The molecule has 104 valence electrons. The molecule has 0 bridgehead atoms. The first-order valence-corrected chi connectivity index (χ1v) is 10.2. The Bertz CT molecular complexity index is 461. The highest BCUT2D eigenvalue weighted by Gasteiger charge is 2.25. The molecule has 0 aliphatic carbocycles. The van der Waals surface area contributed by atoms with Gasteiger partial charge >= 0.3 is 5.97 Å². The second kappa shape index (κ2) is 6.66. The number of rotatable bonds is 5. The number of benzene rings is 1. The van der Waals surface area contributed by atoms with Crippen molar-refractivity contribution < 1.29 is 13.9 Å². The number of ether oxygens (including phenoxy) is 1. The molecule has 2 nitrogen and oxygen atoms in total. The highest BCUT2D eigenvalue weighted by Crippen LogP contribution is 2.27. The highest BCUT2D eigenvalue weighted by molar-refractivity contribution is 6.77. The normalized spacial score (nSPS) is 12.9. The topological polar surface area (TPSA) is 26.3 Å². The Labute approximate surface area is 115 Å². The summed E-state index contributed by atoms with van der Waals surface area (Å²) in [6.45, 7) is 8.29.